The highest BCUT2D eigenvalue weighted by molar-refractivity contribution is 7.79. The highest BCUT2D eigenvalue weighted by Gasteiger charge is 2.29. The molecule has 3 aromatic carbocycles. The van der Waals surface area contributed by atoms with E-state index in [1.165, 1.54) is 6.42 Å². The first-order valence-corrected chi connectivity index (χ1v) is 14.2. The molecule has 0 aromatic heterocycles. The smallest absolute Gasteiger partial charge is 0.136 e. The van der Waals surface area contributed by atoms with Gasteiger partial charge in [-0.25, -0.2) is 0 Å². The average Bonchev–Trinajstić information content (AvgIpc) is 2.89. The Morgan fingerprint density at radius 2 is 1.43 bits per heavy atom. The van der Waals surface area contributed by atoms with Crippen molar-refractivity contribution in [2.45, 2.75) is 62.0 Å². The van der Waals surface area contributed by atoms with Crippen molar-refractivity contribution in [3.63, 3.8) is 0 Å². The van der Waals surface area contributed by atoms with E-state index in [2.05, 4.69) is 74.4 Å². The van der Waals surface area contributed by atoms with Crippen LogP contribution in [0.3, 0.4) is 0 Å². The van der Waals surface area contributed by atoms with Gasteiger partial charge in [-0.15, -0.1) is 0 Å². The molecule has 0 spiro atoms. The van der Waals surface area contributed by atoms with Crippen LogP contribution in [0.5, 0.6) is 5.75 Å². The van der Waals surface area contributed by atoms with Crippen molar-refractivity contribution in [3.8, 4) is 5.75 Å². The first-order valence-electron chi connectivity index (χ1n) is 13.1. The van der Waals surface area contributed by atoms with Crippen LogP contribution >= 0.6 is 0 Å². The summed E-state index contributed by atoms with van der Waals surface area (Å²) in [6.45, 7) is 2.22. The second-order valence-electron chi connectivity index (χ2n) is 10.1. The molecule has 0 aliphatic heterocycles. The van der Waals surface area contributed by atoms with Crippen LogP contribution in [-0.4, -0.2) is 54.0 Å². The van der Waals surface area contributed by atoms with E-state index in [9.17, 15) is 8.76 Å². The summed E-state index contributed by atoms with van der Waals surface area (Å²) in [5, 5.41) is 0. The molecule has 200 valence electrons. The predicted molar refractivity (Wildman–Crippen MR) is 153 cm³/mol. The molecule has 0 saturated carbocycles. The van der Waals surface area contributed by atoms with Gasteiger partial charge in [-0.2, -0.15) is 0 Å². The van der Waals surface area contributed by atoms with Crippen LogP contribution < -0.4 is 9.64 Å². The molecule has 3 unspecified atom stereocenters. The van der Waals surface area contributed by atoms with E-state index in [4.69, 9.17) is 4.74 Å². The van der Waals surface area contributed by atoms with E-state index in [0.29, 0.717) is 11.8 Å². The molecule has 0 bridgehead atoms. The van der Waals surface area contributed by atoms with E-state index in [-0.39, 0.29) is 16.9 Å². The second-order valence-corrected chi connectivity index (χ2v) is 11.0. The number of rotatable bonds is 14. The van der Waals surface area contributed by atoms with Gasteiger partial charge in [-0.05, 0) is 67.7 Å². The first kappa shape index (κ1) is 28.9. The third-order valence-electron chi connectivity index (χ3n) is 7.00. The Bertz CT molecular complexity index is 1070. The van der Waals surface area contributed by atoms with Gasteiger partial charge >= 0.3 is 0 Å². The SMILES string of the molecule is CCCCC(CCC(Oc1cc(N(C)C)ccc1S(=O)[O-])C(c1ccccc1)c1ccccc1)N(C)C. The van der Waals surface area contributed by atoms with Crippen molar-refractivity contribution in [1.82, 2.24) is 4.90 Å². The van der Waals surface area contributed by atoms with Crippen molar-refractivity contribution < 1.29 is 13.5 Å². The molecule has 3 aromatic rings. The largest absolute Gasteiger partial charge is 0.768 e. The molecule has 5 nitrogen and oxygen atoms in total. The molecular weight excluding hydrogens is 480 g/mol. The topological polar surface area (TPSA) is 55.8 Å². The molecule has 0 aliphatic carbocycles. The molecule has 0 amide bonds. The quantitative estimate of drug-likeness (QED) is 0.228. The minimum absolute atomic E-state index is 0.0488. The second kappa shape index (κ2) is 14.3. The summed E-state index contributed by atoms with van der Waals surface area (Å²) in [5.41, 5.74) is 3.21. The molecule has 6 heteroatoms. The zero-order valence-electron chi connectivity index (χ0n) is 22.8. The zero-order chi connectivity index (χ0) is 26.8. The number of benzene rings is 3. The van der Waals surface area contributed by atoms with Gasteiger partial charge in [0, 0.05) is 37.8 Å². The fourth-order valence-corrected chi connectivity index (χ4v) is 5.31. The van der Waals surface area contributed by atoms with Crippen LogP contribution in [0.4, 0.5) is 5.69 Å². The summed E-state index contributed by atoms with van der Waals surface area (Å²) in [7, 11) is 8.16. The summed E-state index contributed by atoms with van der Waals surface area (Å²) in [5.74, 6) is 0.351. The number of anilines is 1. The van der Waals surface area contributed by atoms with Crippen molar-refractivity contribution in [1.29, 1.82) is 0 Å². The minimum atomic E-state index is -2.41. The molecule has 0 N–H and O–H groups in total. The number of hydrogen-bond acceptors (Lipinski definition) is 5. The van der Waals surface area contributed by atoms with Crippen LogP contribution in [0.25, 0.3) is 0 Å². The van der Waals surface area contributed by atoms with E-state index < -0.39 is 11.1 Å². The van der Waals surface area contributed by atoms with Crippen molar-refractivity contribution in [3.05, 3.63) is 90.0 Å². The Hall–Kier alpha value is -2.67. The van der Waals surface area contributed by atoms with Gasteiger partial charge in [-0.1, -0.05) is 80.4 Å². The molecule has 0 heterocycles. The van der Waals surface area contributed by atoms with Crippen LogP contribution in [0.15, 0.2) is 83.8 Å². The maximum Gasteiger partial charge on any atom is 0.136 e. The molecule has 0 aliphatic rings. The Morgan fingerprint density at radius 3 is 1.92 bits per heavy atom. The van der Waals surface area contributed by atoms with Crippen LogP contribution in [-0.2, 0) is 11.1 Å². The average molecular weight is 522 g/mol. The molecule has 3 atom stereocenters. The van der Waals surface area contributed by atoms with E-state index in [1.807, 2.05) is 43.3 Å². The lowest BCUT2D eigenvalue weighted by atomic mass is 9.83. The highest BCUT2D eigenvalue weighted by atomic mass is 32.2. The minimum Gasteiger partial charge on any atom is -0.768 e. The Labute approximate surface area is 225 Å². The lowest BCUT2D eigenvalue weighted by molar-refractivity contribution is 0.146. The monoisotopic (exact) mass is 521 g/mol. The summed E-state index contributed by atoms with van der Waals surface area (Å²) in [4.78, 5) is 4.45. The lowest BCUT2D eigenvalue weighted by Crippen LogP contribution is -2.33. The van der Waals surface area contributed by atoms with Gasteiger partial charge in [0.05, 0.1) is 4.90 Å². The van der Waals surface area contributed by atoms with Gasteiger partial charge in [0.15, 0.2) is 0 Å². The van der Waals surface area contributed by atoms with Gasteiger partial charge in [0.1, 0.15) is 11.9 Å². The molecule has 37 heavy (non-hydrogen) atoms. The lowest BCUT2D eigenvalue weighted by Gasteiger charge is -2.33. The normalized spacial score (nSPS) is 13.9. The van der Waals surface area contributed by atoms with Gasteiger partial charge in [0.25, 0.3) is 0 Å². The van der Waals surface area contributed by atoms with E-state index in [1.54, 1.807) is 6.07 Å². The third-order valence-corrected chi connectivity index (χ3v) is 7.69. The van der Waals surface area contributed by atoms with Gasteiger partial charge in [-0.3, -0.25) is 4.21 Å². The maximum atomic E-state index is 12.2. The predicted octanol–water partition coefficient (Wildman–Crippen LogP) is 6.47. The van der Waals surface area contributed by atoms with Crippen LogP contribution in [0.2, 0.25) is 0 Å². The molecule has 3 rings (SSSR count). The molecule has 0 fully saturated rings. The van der Waals surface area contributed by atoms with Crippen molar-refractivity contribution in [2.75, 3.05) is 33.1 Å². The van der Waals surface area contributed by atoms with Gasteiger partial charge < -0.3 is 19.1 Å². The summed E-state index contributed by atoms with van der Waals surface area (Å²) < 4.78 is 31.1. The summed E-state index contributed by atoms with van der Waals surface area (Å²) in [6.07, 6.45) is 4.96. The van der Waals surface area contributed by atoms with Crippen LogP contribution in [0, 0.1) is 0 Å². The maximum absolute atomic E-state index is 12.2. The first-order chi connectivity index (χ1) is 17.8. The van der Waals surface area contributed by atoms with Crippen molar-refractivity contribution in [2.24, 2.45) is 0 Å². The number of nitrogens with zero attached hydrogens (tertiary/aromatic N) is 2. The standard InChI is InChI=1S/C31H42N2O3S/c1-6-7-18-26(32(2)3)19-21-28(36-29-23-27(33(4)5)20-22-30(29)37(34)35)31(24-14-10-8-11-15-24)25-16-12-9-13-17-25/h8-17,20,22-23,26,28,31H,6-7,18-19,21H2,1-5H3,(H,34,35)/p-1. The Balaban J connectivity index is 2.07. The Morgan fingerprint density at radius 1 is 0.838 bits per heavy atom. The number of hydrogen-bond donors (Lipinski definition) is 0. The molecule has 0 radical (unpaired) electrons. The van der Waals surface area contributed by atoms with E-state index in [0.717, 1.165) is 42.5 Å². The summed E-state index contributed by atoms with van der Waals surface area (Å²) in [6, 6.07) is 26.5. The summed E-state index contributed by atoms with van der Waals surface area (Å²) >= 11 is -2.41. The number of unbranched alkanes of at least 4 members (excludes halogenated alkanes) is 1. The number of ether oxygens (including phenoxy) is 1. The van der Waals surface area contributed by atoms with Crippen molar-refractivity contribution >= 4 is 16.8 Å². The highest BCUT2D eigenvalue weighted by Crippen LogP contribution is 2.36. The van der Waals surface area contributed by atoms with Gasteiger partial charge in [0.2, 0.25) is 0 Å². The Kier molecular flexibility index (Phi) is 11.2. The molecular formula is C31H41N2O3S-. The zero-order valence-corrected chi connectivity index (χ0v) is 23.6. The van der Waals surface area contributed by atoms with Crippen LogP contribution in [0.1, 0.15) is 56.1 Å². The molecule has 0 saturated heterocycles. The fourth-order valence-electron chi connectivity index (χ4n) is 4.86. The third kappa shape index (κ3) is 8.16. The van der Waals surface area contributed by atoms with E-state index >= 15 is 0 Å². The fraction of sp³-hybridized carbons (Fsp3) is 0.419.